The van der Waals surface area contributed by atoms with Gasteiger partial charge in [0.2, 0.25) is 0 Å². The first-order valence-electron chi connectivity index (χ1n) is 5.70. The van der Waals surface area contributed by atoms with Crippen molar-refractivity contribution < 1.29 is 13.2 Å². The third-order valence-electron chi connectivity index (χ3n) is 3.03. The predicted octanol–water partition coefficient (Wildman–Crippen LogP) is 2.90. The fourth-order valence-electron chi connectivity index (χ4n) is 2.12. The number of alkyl halides is 3. The van der Waals surface area contributed by atoms with Crippen LogP contribution >= 0.6 is 11.6 Å². The molecule has 7 heteroatoms. The van der Waals surface area contributed by atoms with Gasteiger partial charge in [-0.1, -0.05) is 11.6 Å². The Morgan fingerprint density at radius 2 is 2.11 bits per heavy atom. The van der Waals surface area contributed by atoms with Gasteiger partial charge >= 0.3 is 6.18 Å². The van der Waals surface area contributed by atoms with Gasteiger partial charge in [-0.3, -0.25) is 9.88 Å². The highest BCUT2D eigenvalue weighted by Crippen LogP contribution is 2.33. The predicted molar refractivity (Wildman–Crippen MR) is 61.1 cm³/mol. The monoisotopic (exact) mass is 279 g/mol. The quantitative estimate of drug-likeness (QED) is 0.833. The summed E-state index contributed by atoms with van der Waals surface area (Å²) in [5, 5.41) is 0.283. The highest BCUT2D eigenvalue weighted by atomic mass is 35.5. The number of hydrogen-bond donors (Lipinski definition) is 0. The number of hydrogen-bond acceptors (Lipinski definition) is 3. The van der Waals surface area contributed by atoms with Gasteiger partial charge in [0.15, 0.2) is 0 Å². The van der Waals surface area contributed by atoms with E-state index in [1.165, 1.54) is 12.4 Å². The zero-order valence-corrected chi connectivity index (χ0v) is 10.4. The number of halogens is 4. The lowest BCUT2D eigenvalue weighted by molar-refractivity contribution is -0.187. The molecule has 1 aliphatic heterocycles. The Kier molecular flexibility index (Phi) is 4.07. The number of nitrogens with zero attached hydrogens (tertiary/aromatic N) is 3. The Labute approximate surface area is 108 Å². The summed E-state index contributed by atoms with van der Waals surface area (Å²) in [5.74, 6) is -1.23. The van der Waals surface area contributed by atoms with E-state index in [1.54, 1.807) is 4.90 Å². The van der Waals surface area contributed by atoms with E-state index in [1.807, 2.05) is 0 Å². The van der Waals surface area contributed by atoms with Crippen LogP contribution in [0, 0.1) is 5.92 Å². The van der Waals surface area contributed by atoms with Crippen LogP contribution in [0.15, 0.2) is 12.4 Å². The molecule has 0 aliphatic carbocycles. The molecule has 1 aliphatic rings. The van der Waals surface area contributed by atoms with Crippen LogP contribution in [0.4, 0.5) is 13.2 Å². The average molecular weight is 280 g/mol. The van der Waals surface area contributed by atoms with E-state index >= 15 is 0 Å². The number of likely N-dealkylation sites (tertiary alicyclic amines) is 1. The molecule has 18 heavy (non-hydrogen) atoms. The summed E-state index contributed by atoms with van der Waals surface area (Å²) >= 11 is 5.60. The maximum atomic E-state index is 12.6. The first-order chi connectivity index (χ1) is 8.45. The molecular formula is C11H13ClF3N3. The van der Waals surface area contributed by atoms with Crippen LogP contribution in [0.1, 0.15) is 18.5 Å². The van der Waals surface area contributed by atoms with Gasteiger partial charge in [0.1, 0.15) is 5.15 Å². The van der Waals surface area contributed by atoms with Crippen molar-refractivity contribution in [3.63, 3.8) is 0 Å². The third-order valence-corrected chi connectivity index (χ3v) is 3.22. The Balaban J connectivity index is 1.95. The van der Waals surface area contributed by atoms with Gasteiger partial charge in [0, 0.05) is 13.1 Å². The van der Waals surface area contributed by atoms with Crippen LogP contribution in [-0.2, 0) is 6.54 Å². The van der Waals surface area contributed by atoms with Gasteiger partial charge in [0.05, 0.1) is 24.0 Å². The Morgan fingerprint density at radius 3 is 2.72 bits per heavy atom. The van der Waals surface area contributed by atoms with Crippen molar-refractivity contribution in [2.24, 2.45) is 5.92 Å². The molecule has 1 aromatic rings. The first-order valence-corrected chi connectivity index (χ1v) is 6.08. The second-order valence-corrected chi connectivity index (χ2v) is 4.83. The van der Waals surface area contributed by atoms with Gasteiger partial charge in [0.25, 0.3) is 0 Å². The zero-order valence-electron chi connectivity index (χ0n) is 9.62. The summed E-state index contributed by atoms with van der Waals surface area (Å²) in [6, 6.07) is 0. The highest BCUT2D eigenvalue weighted by molar-refractivity contribution is 6.29. The molecule has 1 atom stereocenters. The normalized spacial score (nSPS) is 22.1. The molecule has 0 radical (unpaired) electrons. The molecule has 1 unspecified atom stereocenters. The summed E-state index contributed by atoms with van der Waals surface area (Å²) in [6.45, 7) is 1.08. The molecule has 1 fully saturated rings. The van der Waals surface area contributed by atoms with E-state index in [-0.39, 0.29) is 18.1 Å². The molecule has 1 saturated heterocycles. The van der Waals surface area contributed by atoms with Crippen LogP contribution in [-0.4, -0.2) is 34.1 Å². The van der Waals surface area contributed by atoms with E-state index in [9.17, 15) is 13.2 Å². The minimum atomic E-state index is -4.11. The van der Waals surface area contributed by atoms with Crippen LogP contribution in [0.2, 0.25) is 5.15 Å². The third kappa shape index (κ3) is 3.55. The molecule has 2 rings (SSSR count). The van der Waals surface area contributed by atoms with Crippen molar-refractivity contribution in [2.75, 3.05) is 13.1 Å². The Morgan fingerprint density at radius 1 is 1.33 bits per heavy atom. The smallest absolute Gasteiger partial charge is 0.297 e. The lowest BCUT2D eigenvalue weighted by Gasteiger charge is -2.33. The average Bonchev–Trinajstić information content (AvgIpc) is 2.31. The molecule has 3 nitrogen and oxygen atoms in total. The minimum Gasteiger partial charge on any atom is -0.297 e. The Hall–Kier alpha value is -0.880. The first kappa shape index (κ1) is 13.5. The SMILES string of the molecule is FC(F)(F)C1CCCN(Cc2cnc(Cl)cn2)C1. The summed E-state index contributed by atoms with van der Waals surface area (Å²) in [5.41, 5.74) is 0.641. The van der Waals surface area contributed by atoms with E-state index in [4.69, 9.17) is 11.6 Å². The van der Waals surface area contributed by atoms with Crippen LogP contribution in [0.5, 0.6) is 0 Å². The zero-order chi connectivity index (χ0) is 13.2. The van der Waals surface area contributed by atoms with Crippen molar-refractivity contribution >= 4 is 11.6 Å². The van der Waals surface area contributed by atoms with Crippen LogP contribution < -0.4 is 0 Å². The van der Waals surface area contributed by atoms with Crippen molar-refractivity contribution in [3.8, 4) is 0 Å². The van der Waals surface area contributed by atoms with Gasteiger partial charge in [-0.15, -0.1) is 0 Å². The standard InChI is InChI=1S/C11H13ClF3N3/c12-10-5-16-9(4-17-10)7-18-3-1-2-8(6-18)11(13,14)15/h4-5,8H,1-3,6-7H2. The molecular weight excluding hydrogens is 267 g/mol. The lowest BCUT2D eigenvalue weighted by Crippen LogP contribution is -2.41. The molecule has 0 aromatic carbocycles. The molecule has 2 heterocycles. The molecule has 1 aromatic heterocycles. The second kappa shape index (κ2) is 5.40. The molecule has 0 bridgehead atoms. The largest absolute Gasteiger partial charge is 0.393 e. The van der Waals surface area contributed by atoms with E-state index < -0.39 is 12.1 Å². The van der Waals surface area contributed by atoms with Crippen molar-refractivity contribution in [1.29, 1.82) is 0 Å². The topological polar surface area (TPSA) is 29.0 Å². The van der Waals surface area contributed by atoms with E-state index in [2.05, 4.69) is 9.97 Å². The minimum absolute atomic E-state index is 0.0355. The summed E-state index contributed by atoms with van der Waals surface area (Å²) in [7, 11) is 0. The van der Waals surface area contributed by atoms with Gasteiger partial charge in [-0.2, -0.15) is 13.2 Å². The summed E-state index contributed by atoms with van der Waals surface area (Å²) in [6.07, 6.45) is -0.427. The molecule has 100 valence electrons. The van der Waals surface area contributed by atoms with E-state index in [0.717, 1.165) is 0 Å². The maximum absolute atomic E-state index is 12.6. The van der Waals surface area contributed by atoms with Gasteiger partial charge < -0.3 is 0 Å². The van der Waals surface area contributed by atoms with Crippen molar-refractivity contribution in [1.82, 2.24) is 14.9 Å². The molecule has 0 saturated carbocycles. The lowest BCUT2D eigenvalue weighted by atomic mass is 9.97. The number of aromatic nitrogens is 2. The van der Waals surface area contributed by atoms with E-state index in [0.29, 0.717) is 25.2 Å². The van der Waals surface area contributed by atoms with Crippen LogP contribution in [0.3, 0.4) is 0 Å². The molecule has 0 spiro atoms. The highest BCUT2D eigenvalue weighted by Gasteiger charge is 2.41. The van der Waals surface area contributed by atoms with Gasteiger partial charge in [-0.05, 0) is 19.4 Å². The summed E-state index contributed by atoms with van der Waals surface area (Å²) in [4.78, 5) is 9.67. The van der Waals surface area contributed by atoms with Gasteiger partial charge in [-0.25, -0.2) is 4.98 Å². The van der Waals surface area contributed by atoms with Crippen molar-refractivity contribution in [2.45, 2.75) is 25.6 Å². The fourth-order valence-corrected chi connectivity index (χ4v) is 2.21. The van der Waals surface area contributed by atoms with Crippen LogP contribution in [0.25, 0.3) is 0 Å². The summed E-state index contributed by atoms with van der Waals surface area (Å²) < 4.78 is 37.9. The fraction of sp³-hybridized carbons (Fsp3) is 0.636. The Bertz CT molecular complexity index is 394. The molecule has 0 N–H and O–H groups in total. The molecule has 0 amide bonds. The van der Waals surface area contributed by atoms with Crippen molar-refractivity contribution in [3.05, 3.63) is 23.2 Å². The number of piperidine rings is 1. The number of rotatable bonds is 2. The second-order valence-electron chi connectivity index (χ2n) is 4.45. The maximum Gasteiger partial charge on any atom is 0.393 e.